The van der Waals surface area contributed by atoms with Crippen LogP contribution in [0.5, 0.6) is 0 Å². The molecule has 2 heterocycles. The van der Waals surface area contributed by atoms with Gasteiger partial charge in [-0.25, -0.2) is 15.0 Å². The maximum atomic E-state index is 12.7. The van der Waals surface area contributed by atoms with Crippen molar-refractivity contribution in [2.24, 2.45) is 11.3 Å². The summed E-state index contributed by atoms with van der Waals surface area (Å²) in [7, 11) is -2.87. The number of hydrogen-bond donors (Lipinski definition) is 3. The smallest absolute Gasteiger partial charge is 0.208 e. The van der Waals surface area contributed by atoms with Crippen molar-refractivity contribution >= 4 is 24.4 Å². The van der Waals surface area contributed by atoms with E-state index in [0.717, 1.165) is 0 Å². The molecule has 9 nitrogen and oxygen atoms in total. The van der Waals surface area contributed by atoms with Crippen molar-refractivity contribution in [3.63, 3.8) is 0 Å². The van der Waals surface area contributed by atoms with E-state index in [-0.39, 0.29) is 23.7 Å². The number of nitrogens with two attached hydrogens (primary N) is 1. The van der Waals surface area contributed by atoms with Crippen LogP contribution in [0.1, 0.15) is 25.2 Å². The van der Waals surface area contributed by atoms with Crippen LogP contribution in [0.2, 0.25) is 0 Å². The highest BCUT2D eigenvalue weighted by molar-refractivity contribution is 7.58. The highest BCUT2D eigenvalue weighted by Gasteiger charge is 2.72. The molecule has 2 aliphatic rings. The quantitative estimate of drug-likeness (QED) is 0.498. The molecule has 0 radical (unpaired) electrons. The van der Waals surface area contributed by atoms with Crippen molar-refractivity contribution < 1.29 is 19.3 Å². The first-order valence-electron chi connectivity index (χ1n) is 8.78. The first-order valence-corrected chi connectivity index (χ1v) is 11.0. The summed E-state index contributed by atoms with van der Waals surface area (Å²) in [6, 6.07) is -0.466. The summed E-state index contributed by atoms with van der Waals surface area (Å²) in [6.07, 6.45) is 5.73. The van der Waals surface area contributed by atoms with E-state index in [1.54, 1.807) is 18.2 Å². The topological polar surface area (TPSA) is 136 Å². The zero-order valence-corrected chi connectivity index (χ0v) is 16.0. The van der Waals surface area contributed by atoms with Crippen LogP contribution in [0.25, 0.3) is 11.2 Å². The number of fused-ring (bicyclic) bond motifs is 2. The summed E-state index contributed by atoms with van der Waals surface area (Å²) in [5.41, 5.74) is 6.08. The lowest BCUT2D eigenvalue weighted by atomic mass is 10.0. The van der Waals surface area contributed by atoms with Crippen molar-refractivity contribution in [3.8, 4) is 12.3 Å². The van der Waals surface area contributed by atoms with Gasteiger partial charge in [0.2, 0.25) is 13.2 Å². The number of nitrogen functional groups attached to an aromatic ring is 1. The fourth-order valence-electron chi connectivity index (χ4n) is 4.62. The van der Waals surface area contributed by atoms with Crippen LogP contribution in [0, 0.1) is 23.7 Å². The number of aliphatic hydroxyl groups excluding tert-OH is 2. The van der Waals surface area contributed by atoms with E-state index >= 15 is 0 Å². The summed E-state index contributed by atoms with van der Waals surface area (Å²) >= 11 is 0. The normalized spacial score (nSPS) is 34.2. The summed E-state index contributed by atoms with van der Waals surface area (Å²) in [5.74, 6) is 2.58. The largest absolute Gasteiger partial charge is 0.390 e. The SMILES string of the molecule is C#Cc1nc(N)c2ncn([C@H]3[C@H](O)[C@H](O)[C@]4(CP(C)(=O)OCC)C[C@H]34)c2n1. The van der Waals surface area contributed by atoms with Gasteiger partial charge in [-0.15, -0.1) is 6.42 Å². The second kappa shape index (κ2) is 6.01. The molecule has 2 aliphatic carbocycles. The maximum absolute atomic E-state index is 12.7. The standard InChI is InChI=1S/C17H22N5O4P/c1-4-10-20-15(18)11-16(21-10)22(8-19-11)12-9-6-17(9,14(24)13(12)23)7-27(3,25)26-5-2/h1,8-9,12-14,23-24H,5-7H2,2-3H3,(H2,18,20,21)/t9-,12-,13+,14+,17+,27?/m1/s1. The van der Waals surface area contributed by atoms with E-state index in [1.165, 1.54) is 6.33 Å². The Kier molecular flexibility index (Phi) is 4.09. The minimum Gasteiger partial charge on any atom is -0.390 e. The van der Waals surface area contributed by atoms with E-state index in [1.807, 2.05) is 0 Å². The zero-order valence-electron chi connectivity index (χ0n) is 15.1. The van der Waals surface area contributed by atoms with Gasteiger partial charge in [0.05, 0.1) is 25.1 Å². The van der Waals surface area contributed by atoms with Gasteiger partial charge in [0.1, 0.15) is 11.6 Å². The second-order valence-corrected chi connectivity index (χ2v) is 10.1. The highest BCUT2D eigenvalue weighted by Crippen LogP contribution is 2.72. The molecule has 4 rings (SSSR count). The molecule has 4 N–H and O–H groups in total. The van der Waals surface area contributed by atoms with Crippen LogP contribution in [0.15, 0.2) is 6.33 Å². The average Bonchev–Trinajstić information content (AvgIpc) is 3.06. The molecule has 27 heavy (non-hydrogen) atoms. The Hall–Kier alpha value is -1.98. The van der Waals surface area contributed by atoms with E-state index in [2.05, 4.69) is 20.9 Å². The van der Waals surface area contributed by atoms with E-state index in [0.29, 0.717) is 24.2 Å². The molecule has 0 aliphatic heterocycles. The first kappa shape index (κ1) is 18.4. The summed E-state index contributed by atoms with van der Waals surface area (Å²) < 4.78 is 19.8. The number of aliphatic hydroxyl groups is 2. The van der Waals surface area contributed by atoms with E-state index in [9.17, 15) is 14.8 Å². The van der Waals surface area contributed by atoms with Crippen molar-refractivity contribution in [2.45, 2.75) is 31.6 Å². The molecule has 0 aromatic carbocycles. The lowest BCUT2D eigenvalue weighted by Crippen LogP contribution is -2.35. The molecule has 0 saturated heterocycles. The minimum atomic E-state index is -2.87. The van der Waals surface area contributed by atoms with Crippen LogP contribution in [0.3, 0.4) is 0 Å². The molecule has 2 fully saturated rings. The van der Waals surface area contributed by atoms with Gasteiger partial charge < -0.3 is 25.0 Å². The monoisotopic (exact) mass is 391 g/mol. The lowest BCUT2D eigenvalue weighted by Gasteiger charge is -2.25. The number of terminal acetylenes is 1. The van der Waals surface area contributed by atoms with Gasteiger partial charge in [-0.05, 0) is 25.2 Å². The Morgan fingerprint density at radius 2 is 2.26 bits per heavy atom. The van der Waals surface area contributed by atoms with Crippen molar-refractivity contribution in [1.29, 1.82) is 0 Å². The predicted molar refractivity (Wildman–Crippen MR) is 99.3 cm³/mol. The van der Waals surface area contributed by atoms with Gasteiger partial charge in [-0.3, -0.25) is 4.57 Å². The molecule has 0 amide bonds. The predicted octanol–water partition coefficient (Wildman–Crippen LogP) is 0.617. The van der Waals surface area contributed by atoms with Crippen LogP contribution in [-0.2, 0) is 9.09 Å². The van der Waals surface area contributed by atoms with Crippen LogP contribution in [-0.4, -0.2) is 61.4 Å². The molecule has 0 spiro atoms. The summed E-state index contributed by atoms with van der Waals surface area (Å²) in [5, 5.41) is 21.5. The number of rotatable bonds is 5. The molecule has 10 heteroatoms. The molecule has 2 aromatic heterocycles. The fourth-order valence-corrected chi connectivity index (χ4v) is 6.88. The summed E-state index contributed by atoms with van der Waals surface area (Å²) in [4.78, 5) is 12.5. The maximum Gasteiger partial charge on any atom is 0.208 e. The Labute approximate surface area is 156 Å². The fraction of sp³-hybridized carbons (Fsp3) is 0.588. The minimum absolute atomic E-state index is 0.0703. The van der Waals surface area contributed by atoms with Gasteiger partial charge in [0.15, 0.2) is 11.5 Å². The van der Waals surface area contributed by atoms with Crippen molar-refractivity contribution in [1.82, 2.24) is 19.5 Å². The highest BCUT2D eigenvalue weighted by atomic mass is 31.2. The number of anilines is 1. The molecular weight excluding hydrogens is 369 g/mol. The number of hydrogen-bond acceptors (Lipinski definition) is 8. The third-order valence-corrected chi connectivity index (χ3v) is 7.70. The Balaban J connectivity index is 1.73. The Morgan fingerprint density at radius 3 is 2.93 bits per heavy atom. The average molecular weight is 391 g/mol. The molecule has 6 atom stereocenters. The molecule has 2 saturated carbocycles. The molecular formula is C17H22N5O4P. The van der Waals surface area contributed by atoms with Crippen molar-refractivity contribution in [3.05, 3.63) is 12.2 Å². The Morgan fingerprint density at radius 1 is 1.52 bits per heavy atom. The number of nitrogens with zero attached hydrogens (tertiary/aromatic N) is 4. The van der Waals surface area contributed by atoms with E-state index in [4.69, 9.17) is 16.7 Å². The molecule has 2 aromatic rings. The third kappa shape index (κ3) is 2.67. The van der Waals surface area contributed by atoms with Gasteiger partial charge in [0.25, 0.3) is 0 Å². The van der Waals surface area contributed by atoms with Crippen LogP contribution < -0.4 is 5.73 Å². The zero-order chi connectivity index (χ0) is 19.6. The number of imidazole rings is 1. The van der Waals surface area contributed by atoms with Crippen molar-refractivity contribution in [2.75, 3.05) is 25.2 Å². The summed E-state index contributed by atoms with van der Waals surface area (Å²) in [6.45, 7) is 3.70. The first-order chi connectivity index (χ1) is 12.7. The van der Waals surface area contributed by atoms with E-state index < -0.39 is 31.0 Å². The third-order valence-electron chi connectivity index (χ3n) is 5.74. The molecule has 144 valence electrons. The second-order valence-electron chi connectivity index (χ2n) is 7.46. The molecule has 0 bridgehead atoms. The van der Waals surface area contributed by atoms with Gasteiger partial charge in [-0.1, -0.05) is 0 Å². The van der Waals surface area contributed by atoms with Gasteiger partial charge in [0, 0.05) is 18.2 Å². The number of aromatic nitrogens is 4. The van der Waals surface area contributed by atoms with Crippen LogP contribution in [0.4, 0.5) is 5.82 Å². The van der Waals surface area contributed by atoms with Crippen LogP contribution >= 0.6 is 7.37 Å². The van der Waals surface area contributed by atoms with Gasteiger partial charge in [-0.2, -0.15) is 0 Å². The van der Waals surface area contributed by atoms with Gasteiger partial charge >= 0.3 is 0 Å². The lowest BCUT2D eigenvalue weighted by molar-refractivity contribution is -0.0134. The Bertz CT molecular complexity index is 1000. The molecule has 1 unspecified atom stereocenters.